The van der Waals surface area contributed by atoms with Crippen molar-refractivity contribution in [1.29, 1.82) is 0 Å². The van der Waals surface area contributed by atoms with Gasteiger partial charge < -0.3 is 5.32 Å². The molecule has 0 aromatic heterocycles. The van der Waals surface area contributed by atoms with Crippen molar-refractivity contribution in [1.82, 2.24) is 4.90 Å². The standard InChI is InChI=1S/C22H18ClF3N2O3/c23-17-10-7-13(22(24,25)26)11-18(17)27-19(29)12-5-8-14(9-6-12)28-20(30)15-3-1-2-4-16(15)21(28)31/h1-4,7,10-12,14H,5-6,8-9H2,(H,27,29). The lowest BCUT2D eigenvalue weighted by molar-refractivity contribution is -0.137. The summed E-state index contributed by atoms with van der Waals surface area (Å²) in [6.07, 6.45) is -2.85. The molecule has 0 radical (unpaired) electrons. The molecule has 2 aliphatic rings. The van der Waals surface area contributed by atoms with E-state index in [0.717, 1.165) is 18.2 Å². The largest absolute Gasteiger partial charge is 0.416 e. The third-order valence-electron chi connectivity index (χ3n) is 5.81. The molecule has 1 N–H and O–H groups in total. The van der Waals surface area contributed by atoms with Crippen LogP contribution in [0.1, 0.15) is 52.0 Å². The number of benzene rings is 2. The van der Waals surface area contributed by atoms with Crippen molar-refractivity contribution in [3.63, 3.8) is 0 Å². The number of carbonyl (C=O) groups is 3. The van der Waals surface area contributed by atoms with Crippen LogP contribution in [-0.2, 0) is 11.0 Å². The first-order chi connectivity index (χ1) is 14.7. The third-order valence-corrected chi connectivity index (χ3v) is 6.14. The molecule has 1 aliphatic carbocycles. The van der Waals surface area contributed by atoms with Gasteiger partial charge in [0.25, 0.3) is 11.8 Å². The van der Waals surface area contributed by atoms with Crippen LogP contribution in [-0.4, -0.2) is 28.7 Å². The van der Waals surface area contributed by atoms with E-state index >= 15 is 0 Å². The Morgan fingerprint density at radius 1 is 0.968 bits per heavy atom. The second-order valence-electron chi connectivity index (χ2n) is 7.71. The van der Waals surface area contributed by atoms with Gasteiger partial charge in [-0.25, -0.2) is 0 Å². The highest BCUT2D eigenvalue weighted by molar-refractivity contribution is 6.33. The molecule has 1 heterocycles. The van der Waals surface area contributed by atoms with Gasteiger partial charge in [-0.3, -0.25) is 19.3 Å². The zero-order valence-electron chi connectivity index (χ0n) is 16.2. The van der Waals surface area contributed by atoms with Crippen LogP contribution in [0.2, 0.25) is 5.02 Å². The predicted octanol–water partition coefficient (Wildman–Crippen LogP) is 5.15. The molecule has 4 rings (SSSR count). The summed E-state index contributed by atoms with van der Waals surface area (Å²) in [4.78, 5) is 39.1. The molecule has 9 heteroatoms. The van der Waals surface area contributed by atoms with Gasteiger partial charge in [-0.2, -0.15) is 13.2 Å². The number of carbonyl (C=O) groups excluding carboxylic acids is 3. The summed E-state index contributed by atoms with van der Waals surface area (Å²) in [7, 11) is 0. The van der Waals surface area contributed by atoms with Gasteiger partial charge in [0.15, 0.2) is 0 Å². The van der Waals surface area contributed by atoms with Gasteiger partial charge in [-0.15, -0.1) is 0 Å². The molecule has 1 saturated carbocycles. The second kappa shape index (κ2) is 8.00. The summed E-state index contributed by atoms with van der Waals surface area (Å²) < 4.78 is 38.8. The molecule has 0 spiro atoms. The number of anilines is 1. The van der Waals surface area contributed by atoms with Crippen LogP contribution in [0.15, 0.2) is 42.5 Å². The summed E-state index contributed by atoms with van der Waals surface area (Å²) in [5.74, 6) is -1.53. The molecule has 3 amide bonds. The highest BCUT2D eigenvalue weighted by Gasteiger charge is 2.41. The quantitative estimate of drug-likeness (QED) is 0.657. The lowest BCUT2D eigenvalue weighted by Gasteiger charge is -2.33. The average Bonchev–Trinajstić information content (AvgIpc) is 2.99. The smallest absolute Gasteiger partial charge is 0.325 e. The Balaban J connectivity index is 1.40. The fourth-order valence-electron chi connectivity index (χ4n) is 4.17. The third kappa shape index (κ3) is 4.04. The van der Waals surface area contributed by atoms with Crippen molar-refractivity contribution in [2.75, 3.05) is 5.32 Å². The van der Waals surface area contributed by atoms with E-state index in [-0.39, 0.29) is 28.6 Å². The Bertz CT molecular complexity index is 1030. The molecule has 5 nitrogen and oxygen atoms in total. The van der Waals surface area contributed by atoms with Crippen molar-refractivity contribution in [2.24, 2.45) is 5.92 Å². The normalized spacial score (nSPS) is 21.2. The van der Waals surface area contributed by atoms with Crippen LogP contribution in [0.25, 0.3) is 0 Å². The molecule has 2 aromatic carbocycles. The lowest BCUT2D eigenvalue weighted by Crippen LogP contribution is -2.43. The van der Waals surface area contributed by atoms with Crippen LogP contribution in [0.5, 0.6) is 0 Å². The SMILES string of the molecule is O=C(Nc1cc(C(F)(F)F)ccc1Cl)C1CCC(N2C(=O)c3ccccc3C2=O)CC1. The number of nitrogens with zero attached hydrogens (tertiary/aromatic N) is 1. The van der Waals surface area contributed by atoms with Gasteiger partial charge in [0.1, 0.15) is 0 Å². The summed E-state index contributed by atoms with van der Waals surface area (Å²) in [6, 6.07) is 9.09. The Kier molecular flexibility index (Phi) is 5.51. The number of hydrogen-bond acceptors (Lipinski definition) is 3. The van der Waals surface area contributed by atoms with Crippen LogP contribution in [0.4, 0.5) is 18.9 Å². The van der Waals surface area contributed by atoms with E-state index < -0.39 is 23.6 Å². The molecule has 0 unspecified atom stereocenters. The first-order valence-electron chi connectivity index (χ1n) is 9.81. The molecule has 1 fully saturated rings. The molecular formula is C22H18ClF3N2O3. The lowest BCUT2D eigenvalue weighted by atomic mass is 9.84. The number of hydrogen-bond donors (Lipinski definition) is 1. The summed E-state index contributed by atoms with van der Waals surface area (Å²) in [6.45, 7) is 0. The molecule has 0 atom stereocenters. The van der Waals surface area contributed by atoms with Gasteiger partial charge in [0.05, 0.1) is 27.4 Å². The highest BCUT2D eigenvalue weighted by Crippen LogP contribution is 2.36. The minimum absolute atomic E-state index is 0.0149. The monoisotopic (exact) mass is 450 g/mol. The van der Waals surface area contributed by atoms with Crippen molar-refractivity contribution >= 4 is 35.0 Å². The average molecular weight is 451 g/mol. The molecule has 1 aliphatic heterocycles. The van der Waals surface area contributed by atoms with Gasteiger partial charge in [-0.05, 0) is 56.0 Å². The summed E-state index contributed by atoms with van der Waals surface area (Å²) in [5.41, 5.74) is -0.233. The van der Waals surface area contributed by atoms with Crippen LogP contribution in [0.3, 0.4) is 0 Å². The highest BCUT2D eigenvalue weighted by atomic mass is 35.5. The Morgan fingerprint density at radius 3 is 2.10 bits per heavy atom. The van der Waals surface area contributed by atoms with Crippen LogP contribution < -0.4 is 5.32 Å². The van der Waals surface area contributed by atoms with Crippen LogP contribution >= 0.6 is 11.6 Å². The van der Waals surface area contributed by atoms with E-state index in [2.05, 4.69) is 5.32 Å². The molecule has 0 bridgehead atoms. The summed E-state index contributed by atoms with van der Waals surface area (Å²) in [5, 5.41) is 2.51. The van der Waals surface area contributed by atoms with Gasteiger partial charge in [0.2, 0.25) is 5.91 Å². The van der Waals surface area contributed by atoms with Gasteiger partial charge in [-0.1, -0.05) is 23.7 Å². The van der Waals surface area contributed by atoms with E-state index in [0.29, 0.717) is 36.8 Å². The zero-order chi connectivity index (χ0) is 22.3. The topological polar surface area (TPSA) is 66.5 Å². The minimum atomic E-state index is -4.55. The van der Waals surface area contributed by atoms with Crippen LogP contribution in [0, 0.1) is 5.92 Å². The van der Waals surface area contributed by atoms with E-state index in [4.69, 9.17) is 11.6 Å². The van der Waals surface area contributed by atoms with Crippen molar-refractivity contribution in [2.45, 2.75) is 37.9 Å². The van der Waals surface area contributed by atoms with Crippen molar-refractivity contribution in [3.8, 4) is 0 Å². The maximum atomic E-state index is 12.9. The zero-order valence-corrected chi connectivity index (χ0v) is 17.0. The first kappa shape index (κ1) is 21.4. The van der Waals surface area contributed by atoms with E-state index in [1.165, 1.54) is 4.90 Å². The minimum Gasteiger partial charge on any atom is -0.325 e. The number of halogens is 4. The fraction of sp³-hybridized carbons (Fsp3) is 0.318. The Hall–Kier alpha value is -2.87. The van der Waals surface area contributed by atoms with Crippen molar-refractivity contribution < 1.29 is 27.6 Å². The number of amides is 3. The van der Waals surface area contributed by atoms with Crippen molar-refractivity contribution in [3.05, 3.63) is 64.2 Å². The number of alkyl halides is 3. The van der Waals surface area contributed by atoms with E-state index in [9.17, 15) is 27.6 Å². The molecule has 2 aromatic rings. The van der Waals surface area contributed by atoms with E-state index in [1.807, 2.05) is 0 Å². The maximum absolute atomic E-state index is 12.9. The number of fused-ring (bicyclic) bond motifs is 1. The van der Waals surface area contributed by atoms with Gasteiger partial charge >= 0.3 is 6.18 Å². The Morgan fingerprint density at radius 2 is 1.55 bits per heavy atom. The van der Waals surface area contributed by atoms with E-state index in [1.54, 1.807) is 24.3 Å². The number of nitrogens with one attached hydrogen (secondary N) is 1. The maximum Gasteiger partial charge on any atom is 0.416 e. The second-order valence-corrected chi connectivity index (χ2v) is 8.12. The predicted molar refractivity (Wildman–Crippen MR) is 108 cm³/mol. The molecular weight excluding hydrogens is 433 g/mol. The Labute approximate surface area is 181 Å². The molecule has 31 heavy (non-hydrogen) atoms. The molecule has 162 valence electrons. The fourth-order valence-corrected chi connectivity index (χ4v) is 4.33. The first-order valence-corrected chi connectivity index (χ1v) is 10.2. The number of rotatable bonds is 3. The number of imide groups is 1. The van der Waals surface area contributed by atoms with Gasteiger partial charge in [0, 0.05) is 12.0 Å². The summed E-state index contributed by atoms with van der Waals surface area (Å²) >= 11 is 5.95. The molecule has 0 saturated heterocycles.